The first-order valence-electron chi connectivity index (χ1n) is 32.5. The van der Waals surface area contributed by atoms with Gasteiger partial charge in [0.15, 0.2) is 0 Å². The predicted molar refractivity (Wildman–Crippen MR) is 314 cm³/mol. The minimum Gasteiger partial charge on any atom is -0.465 e. The Morgan fingerprint density at radius 1 is 0.338 bits per heavy atom. The highest BCUT2D eigenvalue weighted by Crippen LogP contribution is 2.35. The van der Waals surface area contributed by atoms with E-state index in [1.54, 1.807) is 7.11 Å². The summed E-state index contributed by atoms with van der Waals surface area (Å²) in [4.78, 5) is 81.3. The van der Waals surface area contributed by atoms with Crippen molar-refractivity contribution < 1.29 is 61.9 Å². The smallest absolute Gasteiger partial charge is 0.309 e. The number of unbranched alkanes of at least 4 members (excludes halogenated alkanes) is 4. The lowest BCUT2D eigenvalue weighted by molar-refractivity contribution is -0.156. The number of rotatable bonds is 45. The van der Waals surface area contributed by atoms with Crippen LogP contribution in [-0.4, -0.2) is 138 Å². The third-order valence-corrected chi connectivity index (χ3v) is 17.2. The van der Waals surface area contributed by atoms with E-state index in [9.17, 15) is 28.8 Å². The Labute approximate surface area is 485 Å². The van der Waals surface area contributed by atoms with Crippen LogP contribution in [0.5, 0.6) is 0 Å². The lowest BCUT2D eigenvalue weighted by atomic mass is 9.79. The molecule has 0 aromatic carbocycles. The Bertz CT molecular complexity index is 1580. The SMILES string of the molecule is COCCOC(=O)CCN(CCCCCCN(CCC(=O)OCCOC(=O)C1CCC(CCCC(C)C)CC1)CCC(=O)OCCOC(=O)C1CCC(CCCC(C)C)CC1)CCCCOC(=O)C1CCC(CCCC(C)C)CC1. The second kappa shape index (κ2) is 44.3. The summed E-state index contributed by atoms with van der Waals surface area (Å²) in [6.07, 6.45) is 28.9. The minimum absolute atomic E-state index is 0.00484. The van der Waals surface area contributed by atoms with E-state index in [4.69, 9.17) is 33.2 Å². The first kappa shape index (κ1) is 71.0. The Hall–Kier alpha value is -3.30. The number of ether oxygens (including phenoxy) is 7. The molecule has 15 nitrogen and oxygen atoms in total. The number of nitrogens with zero attached hydrogens (tertiary/aromatic N) is 2. The molecule has 0 N–H and O–H groups in total. The van der Waals surface area contributed by atoms with Crippen LogP contribution in [0.15, 0.2) is 0 Å². The number of methoxy groups -OCH3 is 1. The van der Waals surface area contributed by atoms with E-state index >= 15 is 0 Å². The van der Waals surface area contributed by atoms with Crippen LogP contribution in [0, 0.1) is 53.3 Å². The molecule has 0 amide bonds. The van der Waals surface area contributed by atoms with Crippen molar-refractivity contribution in [2.24, 2.45) is 53.3 Å². The summed E-state index contributed by atoms with van der Waals surface area (Å²) in [5.41, 5.74) is 0. The fourth-order valence-corrected chi connectivity index (χ4v) is 12.0. The van der Waals surface area contributed by atoms with Gasteiger partial charge in [0.05, 0.1) is 50.2 Å². The minimum atomic E-state index is -0.386. The van der Waals surface area contributed by atoms with Gasteiger partial charge in [-0.15, -0.1) is 0 Å². The van der Waals surface area contributed by atoms with E-state index in [1.165, 1.54) is 57.8 Å². The molecule has 3 saturated carbocycles. The van der Waals surface area contributed by atoms with E-state index < -0.39 is 0 Å². The van der Waals surface area contributed by atoms with Gasteiger partial charge in [0.25, 0.3) is 0 Å². The van der Waals surface area contributed by atoms with Crippen LogP contribution >= 0.6 is 0 Å². The van der Waals surface area contributed by atoms with Gasteiger partial charge in [-0.3, -0.25) is 28.8 Å². The van der Waals surface area contributed by atoms with E-state index in [2.05, 4.69) is 51.3 Å². The number of carbonyl (C=O) groups excluding carboxylic acids is 6. The number of hydrogen-bond acceptors (Lipinski definition) is 15. The van der Waals surface area contributed by atoms with Crippen LogP contribution < -0.4 is 0 Å². The Balaban J connectivity index is 1.41. The standard InChI is InChI=1S/C65H116N2O13/c1-51(2)17-14-20-54-23-29-57(30-24-54)63(71)78-44-13-12-40-66(41-35-60(68)75-46-45-74-7)38-10-8-9-11-39-67(42-36-61(69)76-47-49-79-64(72)58-31-25-55(26-32-58)21-15-18-52(3)4)43-37-62(70)77-48-50-80-65(73)59-33-27-56(28-34-59)22-16-19-53(5)6/h51-59H,8-50H2,1-7H3. The summed E-state index contributed by atoms with van der Waals surface area (Å²) in [7, 11) is 1.58. The highest BCUT2D eigenvalue weighted by atomic mass is 16.6. The molecule has 3 aliphatic rings. The van der Waals surface area contributed by atoms with Gasteiger partial charge < -0.3 is 43.0 Å². The molecule has 464 valence electrons. The lowest BCUT2D eigenvalue weighted by Crippen LogP contribution is -2.31. The molecule has 0 heterocycles. The molecule has 0 saturated heterocycles. The molecule has 3 aliphatic carbocycles. The van der Waals surface area contributed by atoms with Gasteiger partial charge in [-0.05, 0) is 158 Å². The Morgan fingerprint density at radius 2 is 0.625 bits per heavy atom. The van der Waals surface area contributed by atoms with Crippen molar-refractivity contribution in [3.63, 3.8) is 0 Å². The normalized spacial score (nSPS) is 20.6. The van der Waals surface area contributed by atoms with Crippen LogP contribution in [0.25, 0.3) is 0 Å². The Morgan fingerprint density at radius 3 is 0.950 bits per heavy atom. The molecule has 0 radical (unpaired) electrons. The summed E-state index contributed by atoms with van der Waals surface area (Å²) in [6.45, 7) is 18.3. The summed E-state index contributed by atoms with van der Waals surface area (Å²) >= 11 is 0. The van der Waals surface area contributed by atoms with Gasteiger partial charge >= 0.3 is 35.8 Å². The molecule has 0 unspecified atom stereocenters. The first-order valence-corrected chi connectivity index (χ1v) is 32.5. The molecule has 0 bridgehead atoms. The summed E-state index contributed by atoms with van der Waals surface area (Å²) < 4.78 is 38.2. The van der Waals surface area contributed by atoms with Crippen molar-refractivity contribution in [3.8, 4) is 0 Å². The largest absolute Gasteiger partial charge is 0.465 e. The van der Waals surface area contributed by atoms with Gasteiger partial charge in [-0.1, -0.05) is 112 Å². The molecule has 3 fully saturated rings. The monoisotopic (exact) mass is 1130 g/mol. The molecule has 0 aromatic rings. The highest BCUT2D eigenvalue weighted by Gasteiger charge is 2.30. The van der Waals surface area contributed by atoms with Crippen LogP contribution in [0.4, 0.5) is 0 Å². The zero-order chi connectivity index (χ0) is 58.2. The van der Waals surface area contributed by atoms with Gasteiger partial charge in [0, 0.05) is 26.7 Å². The summed E-state index contributed by atoms with van der Waals surface area (Å²) in [6, 6.07) is 0. The fraction of sp³-hybridized carbons (Fsp3) is 0.908. The number of esters is 6. The van der Waals surface area contributed by atoms with Crippen molar-refractivity contribution in [2.45, 2.75) is 234 Å². The van der Waals surface area contributed by atoms with Crippen molar-refractivity contribution in [1.29, 1.82) is 0 Å². The summed E-state index contributed by atoms with van der Waals surface area (Å²) in [5, 5.41) is 0. The zero-order valence-electron chi connectivity index (χ0n) is 51.8. The lowest BCUT2D eigenvalue weighted by Gasteiger charge is -2.27. The summed E-state index contributed by atoms with van der Waals surface area (Å²) in [5.74, 6) is 2.70. The molecule has 3 rings (SSSR count). The molecule has 0 atom stereocenters. The zero-order valence-corrected chi connectivity index (χ0v) is 51.8. The highest BCUT2D eigenvalue weighted by molar-refractivity contribution is 5.74. The van der Waals surface area contributed by atoms with Crippen molar-refractivity contribution in [3.05, 3.63) is 0 Å². The van der Waals surface area contributed by atoms with E-state index in [0.29, 0.717) is 51.2 Å². The number of hydrogen-bond donors (Lipinski definition) is 0. The fourth-order valence-electron chi connectivity index (χ4n) is 12.0. The van der Waals surface area contributed by atoms with Crippen LogP contribution in [0.3, 0.4) is 0 Å². The second-order valence-electron chi connectivity index (χ2n) is 25.3. The van der Waals surface area contributed by atoms with E-state index in [0.717, 1.165) is 152 Å². The van der Waals surface area contributed by atoms with Gasteiger partial charge in [0.2, 0.25) is 0 Å². The maximum atomic E-state index is 12.9. The molecular weight excluding hydrogens is 1020 g/mol. The Kier molecular flexibility index (Phi) is 39.3. The van der Waals surface area contributed by atoms with Gasteiger partial charge in [0.1, 0.15) is 33.0 Å². The van der Waals surface area contributed by atoms with Gasteiger partial charge in [-0.2, -0.15) is 0 Å². The van der Waals surface area contributed by atoms with Crippen molar-refractivity contribution in [1.82, 2.24) is 9.80 Å². The van der Waals surface area contributed by atoms with E-state index in [-0.39, 0.29) is 106 Å². The molecule has 80 heavy (non-hydrogen) atoms. The average molecular weight is 1130 g/mol. The second-order valence-corrected chi connectivity index (χ2v) is 25.3. The maximum absolute atomic E-state index is 12.9. The topological polar surface area (TPSA) is 174 Å². The maximum Gasteiger partial charge on any atom is 0.309 e. The quantitative estimate of drug-likeness (QED) is 0.0320. The predicted octanol–water partition coefficient (Wildman–Crippen LogP) is 12.9. The molecule has 0 aliphatic heterocycles. The van der Waals surface area contributed by atoms with Gasteiger partial charge in [-0.25, -0.2) is 0 Å². The third-order valence-electron chi connectivity index (χ3n) is 17.2. The van der Waals surface area contributed by atoms with Crippen molar-refractivity contribution >= 4 is 35.8 Å². The van der Waals surface area contributed by atoms with Crippen LogP contribution in [0.2, 0.25) is 0 Å². The first-order chi connectivity index (χ1) is 38.6. The third kappa shape index (κ3) is 35.0. The molecule has 0 aromatic heterocycles. The van der Waals surface area contributed by atoms with E-state index in [1.807, 2.05) is 0 Å². The van der Waals surface area contributed by atoms with Crippen LogP contribution in [0.1, 0.15) is 234 Å². The average Bonchev–Trinajstić information content (AvgIpc) is 3.43. The molecule has 15 heteroatoms. The number of carbonyl (C=O) groups is 6. The molecular formula is C65H116N2O13. The molecule has 0 spiro atoms. The van der Waals surface area contributed by atoms with Crippen LogP contribution in [-0.2, 0) is 61.9 Å². The van der Waals surface area contributed by atoms with Crippen molar-refractivity contribution in [2.75, 3.05) is 92.6 Å².